The van der Waals surface area contributed by atoms with Crippen LogP contribution in [0.1, 0.15) is 12.0 Å². The quantitative estimate of drug-likeness (QED) is 0.630. The highest BCUT2D eigenvalue weighted by atomic mass is 16.6. The van der Waals surface area contributed by atoms with Gasteiger partial charge in [0.2, 0.25) is 5.91 Å². The average molecular weight is 307 g/mol. The summed E-state index contributed by atoms with van der Waals surface area (Å²) in [6.45, 7) is 1.90. The maximum atomic E-state index is 12.8. The van der Waals surface area contributed by atoms with Gasteiger partial charge in [-0.1, -0.05) is 18.2 Å². The first-order valence-corrected chi connectivity index (χ1v) is 7.18. The number of nitro groups is 1. The molecule has 0 aromatic heterocycles. The number of hydrogen-bond donors (Lipinski definition) is 1. The normalized spacial score (nSPS) is 20.8. The van der Waals surface area contributed by atoms with Gasteiger partial charge in [-0.3, -0.25) is 14.9 Å². The summed E-state index contributed by atoms with van der Waals surface area (Å²) < 4.78 is 5.22. The van der Waals surface area contributed by atoms with Crippen molar-refractivity contribution in [3.8, 4) is 0 Å². The van der Waals surface area contributed by atoms with Crippen LogP contribution >= 0.6 is 0 Å². The number of para-hydroxylation sites is 1. The van der Waals surface area contributed by atoms with Gasteiger partial charge in [-0.15, -0.1) is 0 Å². The Morgan fingerprint density at radius 3 is 2.82 bits per heavy atom. The Labute approximate surface area is 129 Å². The number of carbonyl (C=O) groups excluding carboxylic acids is 1. The van der Waals surface area contributed by atoms with E-state index in [2.05, 4.69) is 5.32 Å². The predicted octanol–water partition coefficient (Wildman–Crippen LogP) is 1.18. The van der Waals surface area contributed by atoms with E-state index in [1.165, 1.54) is 6.07 Å². The summed E-state index contributed by atoms with van der Waals surface area (Å²) in [5, 5.41) is 14.3. The van der Waals surface area contributed by atoms with Crippen LogP contribution in [-0.2, 0) is 16.1 Å². The highest BCUT2D eigenvalue weighted by Gasteiger charge is 2.43. The van der Waals surface area contributed by atoms with Gasteiger partial charge in [-0.25, -0.2) is 0 Å². The molecule has 1 aliphatic heterocycles. The fourth-order valence-electron chi connectivity index (χ4n) is 2.94. The lowest BCUT2D eigenvalue weighted by Gasteiger charge is -2.31. The van der Waals surface area contributed by atoms with Crippen molar-refractivity contribution < 1.29 is 14.5 Å². The fraction of sp³-hybridized carbons (Fsp3) is 0.533. The number of hydrogen-bond acceptors (Lipinski definition) is 5. The van der Waals surface area contributed by atoms with Crippen molar-refractivity contribution in [1.82, 2.24) is 10.2 Å². The van der Waals surface area contributed by atoms with Crippen molar-refractivity contribution in [2.24, 2.45) is 5.41 Å². The lowest BCUT2D eigenvalue weighted by atomic mass is 9.86. The minimum absolute atomic E-state index is 0.0347. The van der Waals surface area contributed by atoms with E-state index in [1.807, 2.05) is 0 Å². The molecule has 0 radical (unpaired) electrons. The van der Waals surface area contributed by atoms with Crippen molar-refractivity contribution >= 4 is 11.6 Å². The molecule has 7 heteroatoms. The van der Waals surface area contributed by atoms with Crippen LogP contribution in [0.3, 0.4) is 0 Å². The maximum Gasteiger partial charge on any atom is 0.274 e. The van der Waals surface area contributed by atoms with E-state index in [-0.39, 0.29) is 18.1 Å². The number of benzene rings is 1. The Balaban J connectivity index is 2.16. The molecule has 1 heterocycles. The van der Waals surface area contributed by atoms with Gasteiger partial charge in [-0.05, 0) is 13.0 Å². The number of amides is 1. The number of carbonyl (C=O) groups is 1. The fourth-order valence-corrected chi connectivity index (χ4v) is 2.94. The summed E-state index contributed by atoms with van der Waals surface area (Å²) in [6, 6.07) is 6.49. The number of rotatable bonds is 6. The van der Waals surface area contributed by atoms with Gasteiger partial charge in [0.25, 0.3) is 5.69 Å². The lowest BCUT2D eigenvalue weighted by molar-refractivity contribution is -0.385. The highest BCUT2D eigenvalue weighted by Crippen LogP contribution is 2.29. The standard InChI is InChI=1S/C15H21N3O4/c1-17(9-12-5-3-4-6-13(12)18(20)21)14(19)15(11-22-2)7-8-16-10-15/h3-6,16H,7-11H2,1-2H3. The summed E-state index contributed by atoms with van der Waals surface area (Å²) in [7, 11) is 3.25. The molecule has 22 heavy (non-hydrogen) atoms. The molecule has 1 N–H and O–H groups in total. The highest BCUT2D eigenvalue weighted by molar-refractivity contribution is 5.83. The third-order valence-electron chi connectivity index (χ3n) is 4.06. The summed E-state index contributed by atoms with van der Waals surface area (Å²) in [4.78, 5) is 25.0. The zero-order valence-corrected chi connectivity index (χ0v) is 12.9. The second-order valence-corrected chi connectivity index (χ2v) is 5.69. The topological polar surface area (TPSA) is 84.7 Å². The molecular formula is C15H21N3O4. The van der Waals surface area contributed by atoms with Crippen molar-refractivity contribution in [3.63, 3.8) is 0 Å². The van der Waals surface area contributed by atoms with Gasteiger partial charge >= 0.3 is 0 Å². The van der Waals surface area contributed by atoms with E-state index in [9.17, 15) is 14.9 Å². The number of methoxy groups -OCH3 is 1. The first kappa shape index (κ1) is 16.4. The van der Waals surface area contributed by atoms with Crippen molar-refractivity contribution in [3.05, 3.63) is 39.9 Å². The number of nitro benzene ring substituents is 1. The van der Waals surface area contributed by atoms with Gasteiger partial charge in [0.05, 0.1) is 23.5 Å². The number of ether oxygens (including phenoxy) is 1. The zero-order chi connectivity index (χ0) is 16.2. The Bertz CT molecular complexity index is 555. The Morgan fingerprint density at radius 1 is 1.50 bits per heavy atom. The molecule has 1 saturated heterocycles. The second kappa shape index (κ2) is 6.85. The molecule has 0 aliphatic carbocycles. The van der Waals surface area contributed by atoms with Crippen LogP contribution in [0.25, 0.3) is 0 Å². The monoisotopic (exact) mass is 307 g/mol. The predicted molar refractivity (Wildman–Crippen MR) is 81.4 cm³/mol. The Morgan fingerprint density at radius 2 is 2.23 bits per heavy atom. The molecule has 1 fully saturated rings. The SMILES string of the molecule is COCC1(C(=O)N(C)Cc2ccccc2[N+](=O)[O-])CCNC1. The third kappa shape index (κ3) is 3.26. The molecule has 1 amide bonds. The Kier molecular flexibility index (Phi) is 5.10. The molecule has 1 aliphatic rings. The summed E-state index contributed by atoms with van der Waals surface area (Å²) >= 11 is 0. The minimum Gasteiger partial charge on any atom is -0.384 e. The first-order valence-electron chi connectivity index (χ1n) is 7.18. The summed E-state index contributed by atoms with van der Waals surface area (Å²) in [5.41, 5.74) is -0.0121. The number of nitrogens with zero attached hydrogens (tertiary/aromatic N) is 2. The van der Waals surface area contributed by atoms with Crippen molar-refractivity contribution in [2.45, 2.75) is 13.0 Å². The van der Waals surface area contributed by atoms with Gasteiger partial charge in [0.15, 0.2) is 0 Å². The van der Waals surface area contributed by atoms with Gasteiger partial charge in [0.1, 0.15) is 0 Å². The van der Waals surface area contributed by atoms with Crippen molar-refractivity contribution in [2.75, 3.05) is 33.9 Å². The molecule has 7 nitrogen and oxygen atoms in total. The number of nitrogens with one attached hydrogen (secondary N) is 1. The molecule has 0 spiro atoms. The summed E-state index contributed by atoms with van der Waals surface area (Å²) in [6.07, 6.45) is 0.709. The molecular weight excluding hydrogens is 286 g/mol. The molecule has 1 aromatic carbocycles. The van der Waals surface area contributed by atoms with Gasteiger partial charge < -0.3 is 15.0 Å². The van der Waals surface area contributed by atoms with Crippen LogP contribution in [-0.4, -0.2) is 49.6 Å². The largest absolute Gasteiger partial charge is 0.384 e. The van der Waals surface area contributed by atoms with E-state index in [0.717, 1.165) is 6.54 Å². The molecule has 1 unspecified atom stereocenters. The van der Waals surface area contributed by atoms with Crippen LogP contribution in [0, 0.1) is 15.5 Å². The average Bonchev–Trinajstić information content (AvgIpc) is 2.97. The smallest absolute Gasteiger partial charge is 0.274 e. The van der Waals surface area contributed by atoms with Crippen molar-refractivity contribution in [1.29, 1.82) is 0 Å². The van der Waals surface area contributed by atoms with E-state index >= 15 is 0 Å². The molecule has 0 bridgehead atoms. The van der Waals surface area contributed by atoms with E-state index < -0.39 is 10.3 Å². The van der Waals surface area contributed by atoms with Gasteiger partial charge in [-0.2, -0.15) is 0 Å². The molecule has 1 atom stereocenters. The molecule has 2 rings (SSSR count). The van der Waals surface area contributed by atoms with E-state index in [4.69, 9.17) is 4.74 Å². The van der Waals surface area contributed by atoms with Crippen LogP contribution in [0.5, 0.6) is 0 Å². The lowest BCUT2D eigenvalue weighted by Crippen LogP contribution is -2.46. The second-order valence-electron chi connectivity index (χ2n) is 5.69. The van der Waals surface area contributed by atoms with Crippen LogP contribution in [0.2, 0.25) is 0 Å². The Hall–Kier alpha value is -1.99. The minimum atomic E-state index is -0.576. The summed E-state index contributed by atoms with van der Waals surface area (Å²) in [5.74, 6) is -0.0440. The van der Waals surface area contributed by atoms with E-state index in [0.29, 0.717) is 25.1 Å². The third-order valence-corrected chi connectivity index (χ3v) is 4.06. The molecule has 120 valence electrons. The maximum absolute atomic E-state index is 12.8. The van der Waals surface area contributed by atoms with Crippen LogP contribution < -0.4 is 5.32 Å². The first-order chi connectivity index (χ1) is 10.5. The van der Waals surface area contributed by atoms with Crippen LogP contribution in [0.15, 0.2) is 24.3 Å². The molecule has 0 saturated carbocycles. The van der Waals surface area contributed by atoms with Crippen LogP contribution in [0.4, 0.5) is 5.69 Å². The van der Waals surface area contributed by atoms with E-state index in [1.54, 1.807) is 37.3 Å². The van der Waals surface area contributed by atoms with Gasteiger partial charge in [0, 0.05) is 32.3 Å². The zero-order valence-electron chi connectivity index (χ0n) is 12.9. The molecule has 1 aromatic rings.